The molecular formula is C16H28N6. The summed E-state index contributed by atoms with van der Waals surface area (Å²) in [4.78, 5) is 7.02. The second kappa shape index (κ2) is 7.13. The van der Waals surface area contributed by atoms with Gasteiger partial charge in [0, 0.05) is 45.5 Å². The molecule has 0 radical (unpaired) electrons. The molecule has 6 nitrogen and oxygen atoms in total. The fraction of sp³-hybridized carbons (Fsp3) is 0.750. The first-order valence-corrected chi connectivity index (χ1v) is 8.44. The van der Waals surface area contributed by atoms with Gasteiger partial charge < -0.3 is 10.6 Å². The van der Waals surface area contributed by atoms with E-state index < -0.39 is 0 Å². The lowest BCUT2D eigenvalue weighted by Gasteiger charge is -2.24. The zero-order chi connectivity index (χ0) is 15.4. The lowest BCUT2D eigenvalue weighted by molar-refractivity contribution is 0.242. The van der Waals surface area contributed by atoms with E-state index in [-0.39, 0.29) is 0 Å². The molecule has 2 fully saturated rings. The maximum atomic E-state index is 4.35. The van der Waals surface area contributed by atoms with Gasteiger partial charge in [-0.05, 0) is 25.3 Å². The highest BCUT2D eigenvalue weighted by Crippen LogP contribution is 2.26. The first-order chi connectivity index (χ1) is 10.8. The highest BCUT2D eigenvalue weighted by Gasteiger charge is 2.30. The molecule has 0 aromatic carbocycles. The number of rotatable bonds is 4. The topological polar surface area (TPSA) is 57.5 Å². The minimum absolute atomic E-state index is 0.512. The van der Waals surface area contributed by atoms with Gasteiger partial charge in [-0.3, -0.25) is 14.6 Å². The number of aryl methyl sites for hydroxylation is 1. The van der Waals surface area contributed by atoms with Crippen molar-refractivity contribution in [3.05, 3.63) is 18.0 Å². The van der Waals surface area contributed by atoms with Gasteiger partial charge in [0.25, 0.3) is 0 Å². The Bertz CT molecular complexity index is 502. The molecule has 0 bridgehead atoms. The van der Waals surface area contributed by atoms with Crippen LogP contribution in [0.3, 0.4) is 0 Å². The number of hydrogen-bond donors (Lipinski definition) is 2. The standard InChI is InChI=1S/C16H28N6/c1-17-16(18-11-15-7-9-19-21(15)2)20-13-8-10-22(12-13)14-5-3-4-6-14/h7,9,13-14H,3-6,8,10-12H2,1-2H3,(H2,17,18,20). The van der Waals surface area contributed by atoms with Gasteiger partial charge in [0.15, 0.2) is 5.96 Å². The number of hydrogen-bond acceptors (Lipinski definition) is 3. The largest absolute Gasteiger partial charge is 0.352 e. The highest BCUT2D eigenvalue weighted by atomic mass is 15.3. The van der Waals surface area contributed by atoms with Crippen LogP contribution in [0.4, 0.5) is 0 Å². The Morgan fingerprint density at radius 2 is 2.18 bits per heavy atom. The third kappa shape index (κ3) is 3.61. The van der Waals surface area contributed by atoms with Crippen molar-refractivity contribution in [1.82, 2.24) is 25.3 Å². The summed E-state index contributed by atoms with van der Waals surface area (Å²) in [5, 5.41) is 11.1. The van der Waals surface area contributed by atoms with Crippen molar-refractivity contribution in [2.24, 2.45) is 12.0 Å². The van der Waals surface area contributed by atoms with Crippen molar-refractivity contribution in [3.63, 3.8) is 0 Å². The Labute approximate surface area is 133 Å². The number of nitrogens with one attached hydrogen (secondary N) is 2. The van der Waals surface area contributed by atoms with Crippen LogP contribution in [0, 0.1) is 0 Å². The monoisotopic (exact) mass is 304 g/mol. The zero-order valence-electron chi connectivity index (χ0n) is 13.8. The van der Waals surface area contributed by atoms with Gasteiger partial charge in [-0.25, -0.2) is 0 Å². The molecular weight excluding hydrogens is 276 g/mol. The number of likely N-dealkylation sites (tertiary alicyclic amines) is 1. The first-order valence-electron chi connectivity index (χ1n) is 8.44. The number of aliphatic imine (C=N–C) groups is 1. The molecule has 3 rings (SSSR count). The van der Waals surface area contributed by atoms with Crippen molar-refractivity contribution in [1.29, 1.82) is 0 Å². The second-order valence-electron chi connectivity index (χ2n) is 6.44. The molecule has 22 heavy (non-hydrogen) atoms. The molecule has 1 aromatic heterocycles. The summed E-state index contributed by atoms with van der Waals surface area (Å²) in [6.07, 6.45) is 8.63. The van der Waals surface area contributed by atoms with Gasteiger partial charge in [0.2, 0.25) is 0 Å². The van der Waals surface area contributed by atoms with Crippen molar-refractivity contribution in [3.8, 4) is 0 Å². The van der Waals surface area contributed by atoms with Crippen molar-refractivity contribution < 1.29 is 0 Å². The van der Waals surface area contributed by atoms with Gasteiger partial charge in [-0.2, -0.15) is 5.10 Å². The van der Waals surface area contributed by atoms with E-state index in [0.717, 1.165) is 30.8 Å². The maximum Gasteiger partial charge on any atom is 0.191 e. The fourth-order valence-electron chi connectivity index (χ4n) is 3.64. The number of guanidine groups is 1. The molecule has 122 valence electrons. The van der Waals surface area contributed by atoms with Crippen LogP contribution in [0.1, 0.15) is 37.8 Å². The Morgan fingerprint density at radius 3 is 2.86 bits per heavy atom. The fourth-order valence-corrected chi connectivity index (χ4v) is 3.64. The summed E-state index contributed by atoms with van der Waals surface area (Å²) >= 11 is 0. The molecule has 1 aliphatic heterocycles. The summed E-state index contributed by atoms with van der Waals surface area (Å²) in [5.41, 5.74) is 1.15. The zero-order valence-corrected chi connectivity index (χ0v) is 13.8. The Hall–Kier alpha value is -1.56. The molecule has 1 saturated heterocycles. The summed E-state index contributed by atoms with van der Waals surface area (Å²) in [6.45, 7) is 3.12. The van der Waals surface area contributed by atoms with Crippen LogP contribution in [0.25, 0.3) is 0 Å². The van der Waals surface area contributed by atoms with Gasteiger partial charge in [-0.1, -0.05) is 12.8 Å². The Balaban J connectivity index is 1.46. The molecule has 1 aromatic rings. The van der Waals surface area contributed by atoms with E-state index in [4.69, 9.17) is 0 Å². The van der Waals surface area contributed by atoms with E-state index in [9.17, 15) is 0 Å². The molecule has 1 aliphatic carbocycles. The van der Waals surface area contributed by atoms with E-state index >= 15 is 0 Å². The number of nitrogens with zero attached hydrogens (tertiary/aromatic N) is 4. The average molecular weight is 304 g/mol. The van der Waals surface area contributed by atoms with Gasteiger partial charge >= 0.3 is 0 Å². The van der Waals surface area contributed by atoms with E-state index in [1.165, 1.54) is 38.6 Å². The molecule has 1 atom stereocenters. The van der Waals surface area contributed by atoms with Crippen molar-refractivity contribution in [2.75, 3.05) is 20.1 Å². The molecule has 0 amide bonds. The van der Waals surface area contributed by atoms with Crippen LogP contribution in [0.5, 0.6) is 0 Å². The minimum Gasteiger partial charge on any atom is -0.352 e. The molecule has 0 spiro atoms. The van der Waals surface area contributed by atoms with Gasteiger partial charge in [0.05, 0.1) is 12.2 Å². The third-order valence-electron chi connectivity index (χ3n) is 4.98. The quantitative estimate of drug-likeness (QED) is 0.646. The minimum atomic E-state index is 0.512. The van der Waals surface area contributed by atoms with Crippen LogP contribution in [-0.2, 0) is 13.6 Å². The molecule has 2 heterocycles. The van der Waals surface area contributed by atoms with Crippen LogP contribution in [-0.4, -0.2) is 52.9 Å². The predicted octanol–water partition coefficient (Wildman–Crippen LogP) is 1.10. The van der Waals surface area contributed by atoms with Crippen LogP contribution in [0.2, 0.25) is 0 Å². The summed E-state index contributed by atoms with van der Waals surface area (Å²) in [6, 6.07) is 3.37. The Kier molecular flexibility index (Phi) is 4.97. The predicted molar refractivity (Wildman–Crippen MR) is 88.8 cm³/mol. The summed E-state index contributed by atoms with van der Waals surface area (Å²) in [5.74, 6) is 0.888. The lowest BCUT2D eigenvalue weighted by atomic mass is 10.2. The summed E-state index contributed by atoms with van der Waals surface area (Å²) in [7, 11) is 3.80. The first kappa shape index (κ1) is 15.3. The van der Waals surface area contributed by atoms with Crippen LogP contribution in [0.15, 0.2) is 17.3 Å². The van der Waals surface area contributed by atoms with Gasteiger partial charge in [0.1, 0.15) is 0 Å². The van der Waals surface area contributed by atoms with E-state index in [0.29, 0.717) is 6.04 Å². The van der Waals surface area contributed by atoms with E-state index in [1.807, 2.05) is 31.0 Å². The SMILES string of the molecule is CN=C(NCc1ccnn1C)NC1CCN(C2CCCC2)C1. The average Bonchev–Trinajstić information content (AvgIpc) is 3.25. The molecule has 1 saturated carbocycles. The van der Waals surface area contributed by atoms with Crippen LogP contribution >= 0.6 is 0 Å². The molecule has 6 heteroatoms. The van der Waals surface area contributed by atoms with Crippen molar-refractivity contribution in [2.45, 2.75) is 50.7 Å². The van der Waals surface area contributed by atoms with Gasteiger partial charge in [-0.15, -0.1) is 0 Å². The molecule has 2 N–H and O–H groups in total. The summed E-state index contributed by atoms with van der Waals surface area (Å²) < 4.78 is 1.89. The third-order valence-corrected chi connectivity index (χ3v) is 4.98. The van der Waals surface area contributed by atoms with E-state index in [1.54, 1.807) is 0 Å². The lowest BCUT2D eigenvalue weighted by Crippen LogP contribution is -2.45. The smallest absolute Gasteiger partial charge is 0.191 e. The van der Waals surface area contributed by atoms with E-state index in [2.05, 4.69) is 25.6 Å². The number of aromatic nitrogens is 2. The molecule has 1 unspecified atom stereocenters. The Morgan fingerprint density at radius 1 is 1.36 bits per heavy atom. The van der Waals surface area contributed by atoms with Crippen LogP contribution < -0.4 is 10.6 Å². The van der Waals surface area contributed by atoms with Crippen molar-refractivity contribution >= 4 is 5.96 Å². The maximum absolute atomic E-state index is 4.35. The molecule has 2 aliphatic rings. The normalized spacial score (nSPS) is 24.1. The second-order valence-corrected chi connectivity index (χ2v) is 6.44. The highest BCUT2D eigenvalue weighted by molar-refractivity contribution is 5.79.